The minimum atomic E-state index is -0.494. The zero-order valence-corrected chi connectivity index (χ0v) is 22.0. The fourth-order valence-corrected chi connectivity index (χ4v) is 5.27. The number of hydrogen-bond donors (Lipinski definition) is 1. The zero-order valence-electron chi connectivity index (χ0n) is 21.2. The highest BCUT2D eigenvalue weighted by molar-refractivity contribution is 7.12. The number of amides is 3. The third kappa shape index (κ3) is 4.97. The monoisotopic (exact) mass is 534 g/mol. The molecule has 1 unspecified atom stereocenters. The average Bonchev–Trinajstić information content (AvgIpc) is 3.56. The first kappa shape index (κ1) is 25.4. The maximum absolute atomic E-state index is 13.9. The number of halogens is 1. The molecule has 3 amide bonds. The molecule has 4 aromatic rings. The molecule has 2 aromatic heterocycles. The lowest BCUT2D eigenvalue weighted by atomic mass is 10.1. The molecule has 1 fully saturated rings. The number of nitrogens with one attached hydrogen (secondary N) is 1. The van der Waals surface area contributed by atoms with Gasteiger partial charge in [0.05, 0.1) is 35.9 Å². The Bertz CT molecular complexity index is 1470. The van der Waals surface area contributed by atoms with Gasteiger partial charge in [0.2, 0.25) is 5.13 Å². The Morgan fingerprint density at radius 1 is 1.13 bits per heavy atom. The van der Waals surface area contributed by atoms with Crippen molar-refractivity contribution >= 4 is 29.0 Å². The zero-order chi connectivity index (χ0) is 26.8. The smallest absolute Gasteiger partial charge is 0.322 e. The molecular weight excluding hydrogens is 507 g/mol. The number of anilines is 1. The van der Waals surface area contributed by atoms with Gasteiger partial charge in [-0.3, -0.25) is 4.79 Å². The van der Waals surface area contributed by atoms with Crippen LogP contribution in [-0.2, 0) is 0 Å². The molecule has 0 saturated carbocycles. The van der Waals surface area contributed by atoms with Crippen LogP contribution in [0.1, 0.15) is 23.0 Å². The average molecular weight is 535 g/mol. The number of thiazole rings is 1. The first-order valence-electron chi connectivity index (χ1n) is 12.1. The molecule has 0 aliphatic carbocycles. The van der Waals surface area contributed by atoms with Crippen LogP contribution in [0.3, 0.4) is 0 Å². The van der Waals surface area contributed by atoms with Gasteiger partial charge in [-0.1, -0.05) is 12.1 Å². The summed E-state index contributed by atoms with van der Waals surface area (Å²) in [5.41, 5.74) is 3.08. The van der Waals surface area contributed by atoms with Crippen LogP contribution in [0, 0.1) is 12.7 Å². The minimum Gasteiger partial charge on any atom is -0.497 e. The molecule has 1 atom stereocenters. The van der Waals surface area contributed by atoms with Crippen LogP contribution >= 0.6 is 11.3 Å². The van der Waals surface area contributed by atoms with E-state index in [2.05, 4.69) is 10.4 Å². The Labute approximate surface area is 223 Å². The quantitative estimate of drug-likeness (QED) is 0.396. The van der Waals surface area contributed by atoms with E-state index in [0.29, 0.717) is 36.0 Å². The number of carbonyl (C=O) groups excluding carboxylic acids is 2. The number of urea groups is 1. The second-order valence-corrected chi connectivity index (χ2v) is 9.84. The highest BCUT2D eigenvalue weighted by Gasteiger charge is 2.32. The second kappa shape index (κ2) is 10.6. The number of carbonyl (C=O) groups is 2. The number of hydrogen-bond acceptors (Lipinski definition) is 6. The third-order valence-corrected chi connectivity index (χ3v) is 7.41. The number of aromatic nitrogens is 3. The summed E-state index contributed by atoms with van der Waals surface area (Å²) < 4.78 is 20.8. The van der Waals surface area contributed by atoms with Crippen LogP contribution in [0.25, 0.3) is 16.4 Å². The Kier molecular flexibility index (Phi) is 7.10. The largest absolute Gasteiger partial charge is 0.497 e. The normalized spacial score (nSPS) is 15.4. The van der Waals surface area contributed by atoms with Crippen molar-refractivity contribution in [2.24, 2.45) is 0 Å². The molecule has 9 nitrogen and oxygen atoms in total. The molecule has 0 radical (unpaired) electrons. The number of benzene rings is 2. The van der Waals surface area contributed by atoms with Crippen molar-refractivity contribution in [3.8, 4) is 22.1 Å². The molecule has 1 aliphatic heterocycles. The summed E-state index contributed by atoms with van der Waals surface area (Å²) in [6.45, 7) is 4.76. The molecule has 0 bridgehead atoms. The van der Waals surface area contributed by atoms with E-state index in [9.17, 15) is 14.0 Å². The molecule has 11 heteroatoms. The molecule has 38 heavy (non-hydrogen) atoms. The van der Waals surface area contributed by atoms with Crippen molar-refractivity contribution in [3.05, 3.63) is 77.2 Å². The maximum atomic E-state index is 13.9. The van der Waals surface area contributed by atoms with Crippen LogP contribution in [-0.4, -0.2) is 69.3 Å². The standard InChI is InChI=1S/C27H27FN6O3S/c1-17-15-32(12-13-33(17)26(36)30-23-7-5-4-6-22(23)28)25(35)21-14-29-34(18(21)2)27-31-24(16-38-27)19-8-10-20(37-3)11-9-19/h4-11,14,16-17H,12-13,15H2,1-3H3,(H,30,36). The van der Waals surface area contributed by atoms with Crippen molar-refractivity contribution in [1.29, 1.82) is 0 Å². The molecule has 0 spiro atoms. The lowest BCUT2D eigenvalue weighted by molar-refractivity contribution is 0.0591. The topological polar surface area (TPSA) is 92.6 Å². The first-order valence-corrected chi connectivity index (χ1v) is 13.0. The lowest BCUT2D eigenvalue weighted by Crippen LogP contribution is -2.56. The molecule has 5 rings (SSSR count). The van der Waals surface area contributed by atoms with Crippen molar-refractivity contribution in [3.63, 3.8) is 0 Å². The van der Waals surface area contributed by atoms with E-state index in [1.165, 1.54) is 23.5 Å². The summed E-state index contributed by atoms with van der Waals surface area (Å²) >= 11 is 1.44. The van der Waals surface area contributed by atoms with Crippen molar-refractivity contribution in [2.45, 2.75) is 19.9 Å². The highest BCUT2D eigenvalue weighted by Crippen LogP contribution is 2.27. The summed E-state index contributed by atoms with van der Waals surface area (Å²) in [7, 11) is 1.63. The Balaban J connectivity index is 1.26. The molecule has 1 aliphatic rings. The number of piperazine rings is 1. The summed E-state index contributed by atoms with van der Waals surface area (Å²) in [6, 6.07) is 13.0. The van der Waals surface area contributed by atoms with Gasteiger partial charge in [-0.15, -0.1) is 11.3 Å². The third-order valence-electron chi connectivity index (χ3n) is 6.59. The molecule has 1 N–H and O–H groups in total. The van der Waals surface area contributed by atoms with Crippen LogP contribution in [0.4, 0.5) is 14.9 Å². The lowest BCUT2D eigenvalue weighted by Gasteiger charge is -2.39. The van der Waals surface area contributed by atoms with Gasteiger partial charge in [-0.25, -0.2) is 18.9 Å². The number of nitrogens with zero attached hydrogens (tertiary/aromatic N) is 5. The SMILES string of the molecule is COc1ccc(-c2csc(-n3ncc(C(=O)N4CCN(C(=O)Nc5ccccc5F)C(C)C4)c3C)n2)cc1. The fraction of sp³-hybridized carbons (Fsp3) is 0.259. The van der Waals surface area contributed by atoms with E-state index < -0.39 is 11.8 Å². The predicted octanol–water partition coefficient (Wildman–Crippen LogP) is 4.83. The van der Waals surface area contributed by atoms with Gasteiger partial charge >= 0.3 is 6.03 Å². The van der Waals surface area contributed by atoms with Gasteiger partial charge in [-0.05, 0) is 50.2 Å². The molecule has 3 heterocycles. The van der Waals surface area contributed by atoms with Gasteiger partial charge in [-0.2, -0.15) is 5.10 Å². The van der Waals surface area contributed by atoms with Crippen molar-refractivity contribution in [2.75, 3.05) is 32.1 Å². The number of methoxy groups -OCH3 is 1. The predicted molar refractivity (Wildman–Crippen MR) is 143 cm³/mol. The summed E-state index contributed by atoms with van der Waals surface area (Å²) in [5, 5.41) is 9.67. The van der Waals surface area contributed by atoms with Crippen molar-refractivity contribution < 1.29 is 18.7 Å². The van der Waals surface area contributed by atoms with E-state index in [-0.39, 0.29) is 17.6 Å². The van der Waals surface area contributed by atoms with Crippen LogP contribution in [0.5, 0.6) is 5.75 Å². The minimum absolute atomic E-state index is 0.128. The molecule has 196 valence electrons. The molecular formula is C27H27FN6O3S. The van der Waals surface area contributed by atoms with E-state index in [0.717, 1.165) is 17.0 Å². The molecule has 2 aromatic carbocycles. The van der Waals surface area contributed by atoms with Crippen LogP contribution in [0.15, 0.2) is 60.1 Å². The summed E-state index contributed by atoms with van der Waals surface area (Å²) in [6.07, 6.45) is 1.56. The van der Waals surface area contributed by atoms with E-state index in [1.54, 1.807) is 39.9 Å². The van der Waals surface area contributed by atoms with Gasteiger partial charge in [0.25, 0.3) is 5.91 Å². The first-order chi connectivity index (χ1) is 18.4. The van der Waals surface area contributed by atoms with Gasteiger partial charge in [0, 0.05) is 36.6 Å². The Morgan fingerprint density at radius 2 is 1.89 bits per heavy atom. The van der Waals surface area contributed by atoms with Gasteiger partial charge in [0.15, 0.2) is 0 Å². The highest BCUT2D eigenvalue weighted by atomic mass is 32.1. The van der Waals surface area contributed by atoms with Crippen LogP contribution in [0.2, 0.25) is 0 Å². The number of rotatable bonds is 5. The number of ether oxygens (including phenoxy) is 1. The summed E-state index contributed by atoms with van der Waals surface area (Å²) in [4.78, 5) is 34.2. The fourth-order valence-electron chi connectivity index (χ4n) is 4.43. The Morgan fingerprint density at radius 3 is 2.61 bits per heavy atom. The van der Waals surface area contributed by atoms with Gasteiger partial charge < -0.3 is 19.9 Å². The maximum Gasteiger partial charge on any atom is 0.322 e. The number of para-hydroxylation sites is 1. The van der Waals surface area contributed by atoms with Gasteiger partial charge in [0.1, 0.15) is 11.6 Å². The van der Waals surface area contributed by atoms with E-state index in [1.807, 2.05) is 43.5 Å². The second-order valence-electron chi connectivity index (χ2n) is 9.00. The molecule has 1 saturated heterocycles. The Hall–Kier alpha value is -4.25. The van der Waals surface area contributed by atoms with E-state index >= 15 is 0 Å². The van der Waals surface area contributed by atoms with Crippen LogP contribution < -0.4 is 10.1 Å². The van der Waals surface area contributed by atoms with E-state index in [4.69, 9.17) is 9.72 Å². The van der Waals surface area contributed by atoms with Crippen molar-refractivity contribution in [1.82, 2.24) is 24.6 Å². The summed E-state index contributed by atoms with van der Waals surface area (Å²) in [5.74, 6) is 0.129.